The monoisotopic (exact) mass is 411 g/mol. The highest BCUT2D eigenvalue weighted by Crippen LogP contribution is 2.38. The minimum Gasteiger partial charge on any atom is -0.405 e. The molecule has 0 bridgehead atoms. The van der Waals surface area contributed by atoms with Crippen LogP contribution in [0.25, 0.3) is 0 Å². The number of hydrogen-bond donors (Lipinski definition) is 0. The maximum Gasteiger partial charge on any atom is 0.488 e. The van der Waals surface area contributed by atoms with Gasteiger partial charge in [0.15, 0.2) is 0 Å². The summed E-state index contributed by atoms with van der Waals surface area (Å²) in [5.41, 5.74) is -0.169. The summed E-state index contributed by atoms with van der Waals surface area (Å²) in [5, 5.41) is -0.300. The second kappa shape index (κ2) is 8.27. The summed E-state index contributed by atoms with van der Waals surface area (Å²) in [6.45, 7) is 16.0. The lowest BCUT2D eigenvalue weighted by Crippen LogP contribution is -2.41. The van der Waals surface area contributed by atoms with Gasteiger partial charge in [-0.1, -0.05) is 12.1 Å². The van der Waals surface area contributed by atoms with Gasteiger partial charge in [-0.25, -0.2) is 4.39 Å². The molecule has 0 spiro atoms. The van der Waals surface area contributed by atoms with E-state index in [0.29, 0.717) is 6.42 Å². The number of halogens is 2. The van der Waals surface area contributed by atoms with Crippen molar-refractivity contribution < 1.29 is 23.0 Å². The van der Waals surface area contributed by atoms with Crippen molar-refractivity contribution in [2.45, 2.75) is 89.5 Å². The first-order chi connectivity index (χ1) is 12.7. The van der Waals surface area contributed by atoms with Crippen LogP contribution in [0.3, 0.4) is 0 Å². The van der Waals surface area contributed by atoms with E-state index in [1.165, 1.54) is 19.8 Å². The molecule has 0 unspecified atom stereocenters. The summed E-state index contributed by atoms with van der Waals surface area (Å²) in [7, 11) is 0.969. The molecule has 0 aromatic heterocycles. The van der Waals surface area contributed by atoms with Crippen LogP contribution in [0.4, 0.5) is 4.39 Å². The van der Waals surface area contributed by atoms with E-state index in [0.717, 1.165) is 5.56 Å². The smallest absolute Gasteiger partial charge is 0.405 e. The van der Waals surface area contributed by atoms with Gasteiger partial charge in [-0.2, -0.15) is 0 Å². The SMILES string of the molecule is CC1(C)OB([C@H](Cl)Cc2ccc(F)cc2)OC1(C)C.CC1(C)O[B]OC1(C)C. The molecule has 28 heavy (non-hydrogen) atoms. The van der Waals surface area contributed by atoms with Crippen LogP contribution >= 0.6 is 11.6 Å². The number of rotatable bonds is 3. The summed E-state index contributed by atoms with van der Waals surface area (Å²) in [6, 6.07) is 6.33. The fourth-order valence-electron chi connectivity index (χ4n) is 2.53. The molecule has 0 amide bonds. The van der Waals surface area contributed by atoms with Gasteiger partial charge in [-0.3, -0.25) is 0 Å². The van der Waals surface area contributed by atoms with Crippen LogP contribution in [-0.4, -0.2) is 42.5 Å². The molecule has 0 saturated carbocycles. The second-order valence-corrected chi connectivity index (χ2v) is 9.88. The molecule has 2 heterocycles. The zero-order chi connectivity index (χ0) is 21.4. The van der Waals surface area contributed by atoms with Gasteiger partial charge in [0.2, 0.25) is 0 Å². The van der Waals surface area contributed by atoms with Crippen molar-refractivity contribution in [2.24, 2.45) is 0 Å². The molecule has 1 atom stereocenters. The first kappa shape index (κ1) is 23.7. The molecule has 0 aliphatic carbocycles. The molecule has 2 aliphatic heterocycles. The van der Waals surface area contributed by atoms with Crippen molar-refractivity contribution in [2.75, 3.05) is 0 Å². The van der Waals surface area contributed by atoms with Gasteiger partial charge in [-0.15, -0.1) is 11.6 Å². The van der Waals surface area contributed by atoms with Crippen LogP contribution < -0.4 is 0 Å². The van der Waals surface area contributed by atoms with Crippen molar-refractivity contribution in [3.63, 3.8) is 0 Å². The molecule has 1 radical (unpaired) electrons. The Hall–Kier alpha value is -0.590. The van der Waals surface area contributed by atoms with Crippen LogP contribution in [0, 0.1) is 5.82 Å². The summed E-state index contributed by atoms with van der Waals surface area (Å²) in [5.74, 6) is -0.245. The molecular weight excluding hydrogens is 380 g/mol. The summed E-state index contributed by atoms with van der Waals surface area (Å²) in [6.07, 6.45) is 0.582. The van der Waals surface area contributed by atoms with Crippen LogP contribution in [0.5, 0.6) is 0 Å². The average molecular weight is 412 g/mol. The van der Waals surface area contributed by atoms with Crippen LogP contribution in [0.1, 0.15) is 61.0 Å². The molecule has 8 heteroatoms. The first-order valence-electron chi connectivity index (χ1n) is 9.58. The standard InChI is InChI=1S/C14H19BClFO2.C6H12BO2/c1-13(2)14(3,4)19-15(18-13)12(16)9-10-5-7-11(17)8-6-10;1-5(2)6(3,4)9-7-8-5/h5-8,12H,9H2,1-4H3;1-4H3/t12-;/m1./s1. The normalized spacial score (nSPS) is 24.9. The Labute approximate surface area is 174 Å². The topological polar surface area (TPSA) is 36.9 Å². The number of hydrogen-bond acceptors (Lipinski definition) is 4. The minimum absolute atomic E-state index is 0.187. The van der Waals surface area contributed by atoms with Gasteiger partial charge < -0.3 is 18.6 Å². The molecule has 3 rings (SSSR count). The molecule has 2 saturated heterocycles. The molecule has 4 nitrogen and oxygen atoms in total. The summed E-state index contributed by atoms with van der Waals surface area (Å²) >= 11 is 6.37. The summed E-state index contributed by atoms with van der Waals surface area (Å²) in [4.78, 5) is 0. The predicted octanol–water partition coefficient (Wildman–Crippen LogP) is 4.73. The van der Waals surface area contributed by atoms with E-state index in [-0.39, 0.29) is 33.5 Å². The zero-order valence-electron chi connectivity index (χ0n) is 18.1. The third kappa shape index (κ3) is 5.31. The maximum absolute atomic E-state index is 12.8. The van der Waals surface area contributed by atoms with Gasteiger partial charge in [0.05, 0.1) is 27.7 Å². The first-order valence-corrected chi connectivity index (χ1v) is 10.0. The number of benzene rings is 1. The fourth-order valence-corrected chi connectivity index (χ4v) is 2.81. The largest absolute Gasteiger partial charge is 0.488 e. The van der Waals surface area contributed by atoms with Crippen molar-refractivity contribution in [1.82, 2.24) is 0 Å². The minimum atomic E-state index is -0.447. The molecule has 1 aromatic carbocycles. The Morgan fingerprint density at radius 1 is 0.857 bits per heavy atom. The zero-order valence-corrected chi connectivity index (χ0v) is 18.9. The van der Waals surface area contributed by atoms with E-state index in [4.69, 9.17) is 30.2 Å². The van der Waals surface area contributed by atoms with E-state index in [1.54, 1.807) is 12.1 Å². The highest BCUT2D eigenvalue weighted by atomic mass is 35.5. The third-order valence-corrected chi connectivity index (χ3v) is 6.41. The van der Waals surface area contributed by atoms with Gasteiger partial charge in [0, 0.05) is 0 Å². The van der Waals surface area contributed by atoms with E-state index in [1.807, 2.05) is 55.4 Å². The van der Waals surface area contributed by atoms with E-state index in [2.05, 4.69) is 0 Å². The molecule has 0 N–H and O–H groups in total. The second-order valence-electron chi connectivity index (χ2n) is 9.32. The molecule has 155 valence electrons. The van der Waals surface area contributed by atoms with Crippen LogP contribution in [0.15, 0.2) is 24.3 Å². The Balaban J connectivity index is 0.000000261. The van der Waals surface area contributed by atoms with Crippen LogP contribution in [-0.2, 0) is 25.0 Å². The van der Waals surface area contributed by atoms with E-state index < -0.39 is 7.12 Å². The lowest BCUT2D eigenvalue weighted by atomic mass is 9.80. The predicted molar refractivity (Wildman–Crippen MR) is 112 cm³/mol. The maximum atomic E-state index is 12.8. The van der Waals surface area contributed by atoms with Crippen LogP contribution in [0.2, 0.25) is 0 Å². The van der Waals surface area contributed by atoms with Crippen molar-refractivity contribution >= 4 is 26.4 Å². The molecule has 2 fully saturated rings. The van der Waals surface area contributed by atoms with Gasteiger partial charge in [-0.05, 0) is 79.5 Å². The van der Waals surface area contributed by atoms with E-state index in [9.17, 15) is 4.39 Å². The van der Waals surface area contributed by atoms with Crippen molar-refractivity contribution in [1.29, 1.82) is 0 Å². The van der Waals surface area contributed by atoms with Gasteiger partial charge in [0.25, 0.3) is 0 Å². The molecule has 2 aliphatic rings. The third-order valence-electron chi connectivity index (χ3n) is 6.05. The quantitative estimate of drug-likeness (QED) is 0.532. The average Bonchev–Trinajstić information content (AvgIpc) is 2.92. The van der Waals surface area contributed by atoms with Gasteiger partial charge in [0.1, 0.15) is 5.82 Å². The molecule has 1 aromatic rings. The van der Waals surface area contributed by atoms with Crippen molar-refractivity contribution in [3.05, 3.63) is 35.6 Å². The molecular formula is C20H31B2ClFO4. The Kier molecular flexibility index (Phi) is 7.00. The van der Waals surface area contributed by atoms with Gasteiger partial charge >= 0.3 is 14.8 Å². The summed E-state index contributed by atoms with van der Waals surface area (Å²) < 4.78 is 35.0. The Bertz CT molecular complexity index is 635. The highest BCUT2D eigenvalue weighted by Gasteiger charge is 2.53. The number of alkyl halides is 1. The fraction of sp³-hybridized carbons (Fsp3) is 0.700. The lowest BCUT2D eigenvalue weighted by Gasteiger charge is -2.32. The Morgan fingerprint density at radius 2 is 1.29 bits per heavy atom. The van der Waals surface area contributed by atoms with Crippen molar-refractivity contribution in [3.8, 4) is 0 Å². The lowest BCUT2D eigenvalue weighted by molar-refractivity contribution is 0.00578. The highest BCUT2D eigenvalue weighted by molar-refractivity contribution is 6.60. The van der Waals surface area contributed by atoms with E-state index >= 15 is 0 Å². The Morgan fingerprint density at radius 3 is 1.64 bits per heavy atom.